The Morgan fingerprint density at radius 2 is 1.36 bits per heavy atom. The van der Waals surface area contributed by atoms with Crippen LogP contribution in [0.15, 0.2) is 125 Å². The van der Waals surface area contributed by atoms with Crippen LogP contribution in [-0.2, 0) is 21.1 Å². The molecule has 1 aliphatic heterocycles. The topological polar surface area (TPSA) is 29.0 Å². The van der Waals surface area contributed by atoms with Crippen molar-refractivity contribution in [1.82, 2.24) is 9.97 Å². The van der Waals surface area contributed by atoms with E-state index in [-0.39, 0.29) is 21.1 Å². The molecule has 0 amide bonds. The van der Waals surface area contributed by atoms with Crippen LogP contribution in [0.5, 0.6) is 0 Å². The number of pyridine rings is 2. The van der Waals surface area contributed by atoms with Gasteiger partial charge in [0.05, 0.1) is 5.69 Å². The summed E-state index contributed by atoms with van der Waals surface area (Å²) in [7, 11) is 0. The Hall–Kier alpha value is -3.20. The summed E-state index contributed by atoms with van der Waals surface area (Å²) >= 11 is 1.78. The Labute approximate surface area is 212 Å². The van der Waals surface area contributed by atoms with Gasteiger partial charge in [-0.1, -0.05) is 40.9 Å². The van der Waals surface area contributed by atoms with E-state index in [1.165, 1.54) is 9.79 Å². The van der Waals surface area contributed by atoms with Gasteiger partial charge in [-0.3, -0.25) is 0 Å². The third kappa shape index (κ3) is 5.24. The Morgan fingerprint density at radius 1 is 0.636 bits per heavy atom. The van der Waals surface area contributed by atoms with Crippen molar-refractivity contribution in [2.24, 2.45) is 0 Å². The van der Waals surface area contributed by atoms with E-state index in [9.17, 15) is 0 Å². The third-order valence-corrected chi connectivity index (χ3v) is 5.99. The monoisotopic (exact) mass is 624 g/mol. The van der Waals surface area contributed by atoms with Crippen LogP contribution in [0, 0.1) is 12.1 Å². The van der Waals surface area contributed by atoms with Crippen molar-refractivity contribution in [3.05, 3.63) is 128 Å². The minimum atomic E-state index is 0. The number of rotatable bonds is 2. The maximum absolute atomic E-state index is 4.50. The first kappa shape index (κ1) is 23.0. The van der Waals surface area contributed by atoms with E-state index in [0.717, 1.165) is 28.5 Å². The molecule has 0 saturated heterocycles. The predicted octanol–water partition coefficient (Wildman–Crippen LogP) is 7.36. The van der Waals surface area contributed by atoms with E-state index in [2.05, 4.69) is 57.3 Å². The standard InChI is InChI=1S/C17H11N2S.C11H8N.Pt/c1-3-9-15-13(7-1)19(17-11-5-6-12-18-17)14-8-2-4-10-16(14)20-15;1-2-6-10(7-3-1)11-8-4-5-9-12-11;/h1-7,9-12H;1-6,8-9H;/q2*-1;+2. The number of fused-ring (bicyclic) bond motifs is 2. The summed E-state index contributed by atoms with van der Waals surface area (Å²) in [5, 5.41) is 0. The second-order valence-corrected chi connectivity index (χ2v) is 8.05. The van der Waals surface area contributed by atoms with Gasteiger partial charge in [-0.25, -0.2) is 4.98 Å². The maximum Gasteiger partial charge on any atom is 2.00 e. The molecule has 0 fully saturated rings. The maximum atomic E-state index is 4.50. The number of nitrogens with zero attached hydrogens (tertiary/aromatic N) is 3. The number of benzene rings is 3. The molecular weight excluding hydrogens is 605 g/mol. The second kappa shape index (κ2) is 11.1. The SMILES string of the molecule is [Pt+2].[c-]1cccc2c1N(c1ccccn1)c1ccccc1S2.[c-]1ccccc1-c1ccccn1. The van der Waals surface area contributed by atoms with E-state index in [4.69, 9.17) is 0 Å². The van der Waals surface area contributed by atoms with E-state index in [1.807, 2.05) is 79.0 Å². The molecule has 0 spiro atoms. The molecule has 0 aliphatic carbocycles. The van der Waals surface area contributed by atoms with E-state index in [1.54, 1.807) is 18.0 Å². The van der Waals surface area contributed by atoms with Crippen molar-refractivity contribution in [2.75, 3.05) is 4.90 Å². The molecule has 1 aliphatic rings. The minimum Gasteiger partial charge on any atom is -0.317 e. The van der Waals surface area contributed by atoms with Crippen LogP contribution < -0.4 is 4.90 Å². The zero-order valence-electron chi connectivity index (χ0n) is 17.5. The fraction of sp³-hybridized carbons (Fsp3) is 0. The van der Waals surface area contributed by atoms with Crippen LogP contribution >= 0.6 is 11.8 Å². The summed E-state index contributed by atoms with van der Waals surface area (Å²) in [5.41, 5.74) is 4.23. The molecule has 0 saturated carbocycles. The summed E-state index contributed by atoms with van der Waals surface area (Å²) in [5.74, 6) is 0.920. The Balaban J connectivity index is 0.000000172. The predicted molar refractivity (Wildman–Crippen MR) is 130 cm³/mol. The average molecular weight is 625 g/mol. The van der Waals surface area contributed by atoms with Crippen molar-refractivity contribution >= 4 is 29.0 Å². The molecule has 0 atom stereocenters. The second-order valence-electron chi connectivity index (χ2n) is 6.97. The fourth-order valence-corrected chi connectivity index (χ4v) is 4.48. The van der Waals surface area contributed by atoms with Crippen molar-refractivity contribution in [3.8, 4) is 11.3 Å². The van der Waals surface area contributed by atoms with Crippen molar-refractivity contribution in [1.29, 1.82) is 0 Å². The average Bonchev–Trinajstić information content (AvgIpc) is 2.89. The Kier molecular flexibility index (Phi) is 7.72. The molecule has 3 aromatic carbocycles. The normalized spacial score (nSPS) is 11.2. The fourth-order valence-electron chi connectivity index (χ4n) is 3.44. The van der Waals surface area contributed by atoms with Crippen LogP contribution in [0.25, 0.3) is 11.3 Å². The summed E-state index contributed by atoms with van der Waals surface area (Å²) in [6.45, 7) is 0. The van der Waals surface area contributed by atoms with Crippen LogP contribution in [0.3, 0.4) is 0 Å². The van der Waals surface area contributed by atoms with Gasteiger partial charge in [-0.15, -0.1) is 35.9 Å². The van der Waals surface area contributed by atoms with Crippen LogP contribution in [-0.4, -0.2) is 9.97 Å². The van der Waals surface area contributed by atoms with E-state index in [0.29, 0.717) is 0 Å². The van der Waals surface area contributed by atoms with Gasteiger partial charge < -0.3 is 9.88 Å². The summed E-state index contributed by atoms with van der Waals surface area (Å²) in [4.78, 5) is 13.3. The molecular formula is C28H19N3PtS. The zero-order chi connectivity index (χ0) is 21.6. The Bertz CT molecular complexity index is 1220. The van der Waals surface area contributed by atoms with Gasteiger partial charge in [0.2, 0.25) is 0 Å². The molecule has 0 unspecified atom stereocenters. The molecule has 0 N–H and O–H groups in total. The summed E-state index contributed by atoms with van der Waals surface area (Å²) in [6.07, 6.45) is 3.61. The molecule has 6 rings (SSSR count). The van der Waals surface area contributed by atoms with Gasteiger partial charge in [-0.2, -0.15) is 36.0 Å². The van der Waals surface area contributed by atoms with Gasteiger partial charge in [0.1, 0.15) is 5.82 Å². The molecule has 2 aromatic heterocycles. The van der Waals surface area contributed by atoms with E-state index < -0.39 is 0 Å². The number of hydrogen-bond acceptors (Lipinski definition) is 4. The quantitative estimate of drug-likeness (QED) is 0.188. The van der Waals surface area contributed by atoms with Crippen LogP contribution in [0.4, 0.5) is 17.2 Å². The summed E-state index contributed by atoms with van der Waals surface area (Å²) in [6, 6.07) is 40.6. The summed E-state index contributed by atoms with van der Waals surface area (Å²) < 4.78 is 0. The van der Waals surface area contributed by atoms with Crippen molar-refractivity contribution in [3.63, 3.8) is 0 Å². The molecule has 162 valence electrons. The molecule has 3 heterocycles. The molecule has 5 aromatic rings. The largest absolute Gasteiger partial charge is 2.00 e. The van der Waals surface area contributed by atoms with Crippen LogP contribution in [0.2, 0.25) is 0 Å². The smallest absolute Gasteiger partial charge is 0.317 e. The minimum absolute atomic E-state index is 0. The number of aromatic nitrogens is 2. The van der Waals surface area contributed by atoms with Gasteiger partial charge in [0, 0.05) is 17.3 Å². The van der Waals surface area contributed by atoms with Gasteiger partial charge in [0.25, 0.3) is 0 Å². The van der Waals surface area contributed by atoms with Crippen molar-refractivity contribution < 1.29 is 21.1 Å². The van der Waals surface area contributed by atoms with E-state index >= 15 is 0 Å². The first-order valence-corrected chi connectivity index (χ1v) is 11.1. The number of anilines is 3. The number of para-hydroxylation sites is 2. The first-order valence-electron chi connectivity index (χ1n) is 10.3. The number of hydrogen-bond donors (Lipinski definition) is 0. The van der Waals surface area contributed by atoms with Crippen LogP contribution in [0.1, 0.15) is 0 Å². The first-order chi connectivity index (χ1) is 15.9. The molecule has 0 bridgehead atoms. The van der Waals surface area contributed by atoms with Gasteiger partial charge in [0.15, 0.2) is 0 Å². The molecule has 0 radical (unpaired) electrons. The van der Waals surface area contributed by atoms with Gasteiger partial charge >= 0.3 is 21.1 Å². The molecule has 3 nitrogen and oxygen atoms in total. The third-order valence-electron chi connectivity index (χ3n) is 4.88. The zero-order valence-corrected chi connectivity index (χ0v) is 20.6. The molecule has 5 heteroatoms. The Morgan fingerprint density at radius 3 is 2.12 bits per heavy atom. The molecule has 33 heavy (non-hydrogen) atoms. The van der Waals surface area contributed by atoms with Gasteiger partial charge in [-0.05, 0) is 36.0 Å². The van der Waals surface area contributed by atoms with Crippen molar-refractivity contribution in [2.45, 2.75) is 9.79 Å².